The molecule has 7 nitrogen and oxygen atoms in total. The van der Waals surface area contributed by atoms with Gasteiger partial charge in [0, 0.05) is 36.6 Å². The van der Waals surface area contributed by atoms with Gasteiger partial charge in [-0.05, 0) is 75.6 Å². The van der Waals surface area contributed by atoms with Gasteiger partial charge in [-0.3, -0.25) is 0 Å². The van der Waals surface area contributed by atoms with E-state index in [1.165, 1.54) is 31.1 Å². The van der Waals surface area contributed by atoms with Crippen LogP contribution in [0.2, 0.25) is 0 Å². The summed E-state index contributed by atoms with van der Waals surface area (Å²) in [6.07, 6.45) is 10.5. The molecule has 5 rings (SSSR count). The highest BCUT2D eigenvalue weighted by Gasteiger charge is 2.45. The molecule has 4 heterocycles. The first-order valence-corrected chi connectivity index (χ1v) is 14.1. The van der Waals surface area contributed by atoms with Gasteiger partial charge in [0.1, 0.15) is 0 Å². The number of benzene rings is 1. The summed E-state index contributed by atoms with van der Waals surface area (Å²) in [5.74, 6) is 0. The number of nitrogens with zero attached hydrogens (tertiary/aromatic N) is 3. The number of carbonyl (C=O) groups excluding carboxylic acids is 2. The van der Waals surface area contributed by atoms with Crippen molar-refractivity contribution < 1.29 is 19.1 Å². The van der Waals surface area contributed by atoms with E-state index in [4.69, 9.17) is 9.47 Å². The van der Waals surface area contributed by atoms with Gasteiger partial charge in [-0.1, -0.05) is 44.0 Å². The Kier molecular flexibility index (Phi) is 7.75. The van der Waals surface area contributed by atoms with Crippen molar-refractivity contribution in [1.82, 2.24) is 14.7 Å². The molecule has 36 heavy (non-hydrogen) atoms. The van der Waals surface area contributed by atoms with Crippen LogP contribution in [-0.2, 0) is 21.4 Å². The molecule has 2 amide bonds. The molecule has 0 saturated carbocycles. The molecule has 1 aromatic carbocycles. The molecule has 1 spiro atoms. The minimum Gasteiger partial charge on any atom is -0.453 e. The third kappa shape index (κ3) is 4.96. The van der Waals surface area contributed by atoms with Crippen molar-refractivity contribution in [2.24, 2.45) is 0 Å². The van der Waals surface area contributed by atoms with E-state index in [1.807, 2.05) is 4.90 Å². The van der Waals surface area contributed by atoms with Crippen molar-refractivity contribution in [2.45, 2.75) is 101 Å². The van der Waals surface area contributed by atoms with E-state index in [-0.39, 0.29) is 23.6 Å². The molecular weight excluding hydrogens is 454 g/mol. The van der Waals surface area contributed by atoms with Crippen molar-refractivity contribution in [3.63, 3.8) is 0 Å². The first kappa shape index (κ1) is 25.4. The van der Waals surface area contributed by atoms with Crippen molar-refractivity contribution in [3.05, 3.63) is 35.4 Å². The maximum Gasteiger partial charge on any atom is 0.410 e. The lowest BCUT2D eigenvalue weighted by molar-refractivity contribution is 0.0516. The molecule has 0 N–H and O–H groups in total. The Hall–Kier alpha value is -2.28. The van der Waals surface area contributed by atoms with E-state index in [0.29, 0.717) is 25.2 Å². The van der Waals surface area contributed by atoms with Gasteiger partial charge in [-0.25, -0.2) is 9.59 Å². The number of likely N-dealkylation sites (tertiary alicyclic amines) is 1. The van der Waals surface area contributed by atoms with Crippen LogP contribution in [0, 0.1) is 0 Å². The molecule has 4 aliphatic rings. The Labute approximate surface area is 216 Å². The van der Waals surface area contributed by atoms with E-state index in [0.717, 1.165) is 71.0 Å². The highest BCUT2D eigenvalue weighted by molar-refractivity contribution is 5.69. The lowest BCUT2D eigenvalue weighted by atomic mass is 9.68. The van der Waals surface area contributed by atoms with Crippen LogP contribution in [0.3, 0.4) is 0 Å². The average Bonchev–Trinajstić information content (AvgIpc) is 3.23. The number of hydrogen-bond donors (Lipinski definition) is 0. The van der Waals surface area contributed by atoms with Gasteiger partial charge in [0.15, 0.2) is 0 Å². The number of ether oxygens (including phenoxy) is 2. The SMILES string of the molecule is CCCOC(=O)N1C2CCCCC1CC(N1CCC3(CC1)CN(C(=O)OC)Cc1ccccc13)CC2. The van der Waals surface area contributed by atoms with Crippen LogP contribution in [0.25, 0.3) is 0 Å². The maximum atomic E-state index is 13.0. The van der Waals surface area contributed by atoms with Gasteiger partial charge in [0.05, 0.1) is 13.7 Å². The fourth-order valence-electron chi connectivity index (χ4n) is 7.45. The maximum absolute atomic E-state index is 13.0. The summed E-state index contributed by atoms with van der Waals surface area (Å²) in [6, 6.07) is 9.77. The number of piperidine rings is 1. The van der Waals surface area contributed by atoms with E-state index in [2.05, 4.69) is 41.0 Å². The number of methoxy groups -OCH3 is 1. The quantitative estimate of drug-likeness (QED) is 0.566. The predicted molar refractivity (Wildman–Crippen MR) is 139 cm³/mol. The Morgan fingerprint density at radius 1 is 0.972 bits per heavy atom. The molecule has 198 valence electrons. The summed E-state index contributed by atoms with van der Waals surface area (Å²) in [5, 5.41) is 0. The smallest absolute Gasteiger partial charge is 0.410 e. The zero-order valence-electron chi connectivity index (χ0n) is 22.1. The molecule has 0 aromatic heterocycles. The Balaban J connectivity index is 1.30. The second kappa shape index (κ2) is 11.0. The molecule has 1 aromatic rings. The lowest BCUT2D eigenvalue weighted by Gasteiger charge is -2.49. The summed E-state index contributed by atoms with van der Waals surface area (Å²) in [4.78, 5) is 32.2. The topological polar surface area (TPSA) is 62.3 Å². The molecule has 3 saturated heterocycles. The van der Waals surface area contributed by atoms with E-state index >= 15 is 0 Å². The summed E-state index contributed by atoms with van der Waals surface area (Å²) < 4.78 is 10.7. The number of hydrogen-bond acceptors (Lipinski definition) is 5. The standard InChI is InChI=1S/C29H43N3O4/c1-3-18-36-28(34)32-23-9-5-6-10-25(32)19-24(13-12-23)30-16-14-29(15-17-30)21-31(27(33)35-2)20-22-8-4-7-11-26(22)29/h4,7-8,11,23-25H,3,5-6,9-10,12-21H2,1-2H3. The number of fused-ring (bicyclic) bond motifs is 4. The molecule has 4 aliphatic heterocycles. The summed E-state index contributed by atoms with van der Waals surface area (Å²) in [5.41, 5.74) is 2.67. The van der Waals surface area contributed by atoms with Crippen LogP contribution in [0.4, 0.5) is 9.59 Å². The number of carbonyl (C=O) groups is 2. The van der Waals surface area contributed by atoms with Crippen molar-refractivity contribution in [2.75, 3.05) is 33.4 Å². The first-order chi connectivity index (χ1) is 17.5. The molecule has 0 aliphatic carbocycles. The Bertz CT molecular complexity index is 929. The van der Waals surface area contributed by atoms with Crippen LogP contribution >= 0.6 is 0 Å². The van der Waals surface area contributed by atoms with Crippen LogP contribution in [-0.4, -0.2) is 78.4 Å². The molecular formula is C29H43N3O4. The fourth-order valence-corrected chi connectivity index (χ4v) is 7.45. The lowest BCUT2D eigenvalue weighted by Crippen LogP contribution is -2.55. The second-order valence-corrected chi connectivity index (χ2v) is 11.4. The number of amides is 2. The van der Waals surface area contributed by atoms with Gasteiger partial charge in [-0.15, -0.1) is 0 Å². The fraction of sp³-hybridized carbons (Fsp3) is 0.724. The van der Waals surface area contributed by atoms with Crippen molar-refractivity contribution in [3.8, 4) is 0 Å². The molecule has 0 radical (unpaired) electrons. The average molecular weight is 498 g/mol. The zero-order chi connectivity index (χ0) is 25.1. The van der Waals surface area contributed by atoms with Crippen LogP contribution < -0.4 is 0 Å². The minimum absolute atomic E-state index is 0.00632. The Morgan fingerprint density at radius 2 is 1.69 bits per heavy atom. The molecule has 2 bridgehead atoms. The van der Waals surface area contributed by atoms with Gasteiger partial charge in [-0.2, -0.15) is 0 Å². The molecule has 3 unspecified atom stereocenters. The van der Waals surface area contributed by atoms with Gasteiger partial charge < -0.3 is 24.2 Å². The third-order valence-corrected chi connectivity index (χ3v) is 9.28. The van der Waals surface area contributed by atoms with Crippen LogP contribution in [0.15, 0.2) is 24.3 Å². The van der Waals surface area contributed by atoms with Crippen LogP contribution in [0.1, 0.15) is 82.3 Å². The predicted octanol–water partition coefficient (Wildman–Crippen LogP) is 5.31. The third-order valence-electron chi connectivity index (χ3n) is 9.28. The first-order valence-electron chi connectivity index (χ1n) is 14.1. The highest BCUT2D eigenvalue weighted by Crippen LogP contribution is 2.43. The largest absolute Gasteiger partial charge is 0.453 e. The molecule has 3 fully saturated rings. The monoisotopic (exact) mass is 497 g/mol. The van der Waals surface area contributed by atoms with Crippen molar-refractivity contribution in [1.29, 1.82) is 0 Å². The highest BCUT2D eigenvalue weighted by atomic mass is 16.6. The Morgan fingerprint density at radius 3 is 2.44 bits per heavy atom. The molecule has 3 atom stereocenters. The van der Waals surface area contributed by atoms with E-state index in [9.17, 15) is 9.59 Å². The summed E-state index contributed by atoms with van der Waals surface area (Å²) >= 11 is 0. The van der Waals surface area contributed by atoms with Crippen molar-refractivity contribution >= 4 is 12.2 Å². The number of rotatable bonds is 3. The normalized spacial score (nSPS) is 28.1. The second-order valence-electron chi connectivity index (χ2n) is 11.4. The minimum atomic E-state index is -0.228. The summed E-state index contributed by atoms with van der Waals surface area (Å²) in [6.45, 7) is 5.99. The van der Waals surface area contributed by atoms with Crippen LogP contribution in [0.5, 0.6) is 0 Å². The summed E-state index contributed by atoms with van der Waals surface area (Å²) in [7, 11) is 1.48. The van der Waals surface area contributed by atoms with E-state index in [1.54, 1.807) is 0 Å². The van der Waals surface area contributed by atoms with Gasteiger partial charge >= 0.3 is 12.2 Å². The van der Waals surface area contributed by atoms with Gasteiger partial charge in [0.25, 0.3) is 0 Å². The van der Waals surface area contributed by atoms with E-state index < -0.39 is 0 Å². The van der Waals surface area contributed by atoms with Gasteiger partial charge in [0.2, 0.25) is 0 Å². The molecule has 7 heteroatoms. The zero-order valence-corrected chi connectivity index (χ0v) is 22.1.